The molecule has 0 amide bonds. The van der Waals surface area contributed by atoms with Crippen LogP contribution in [0.4, 0.5) is 11.8 Å². The highest BCUT2D eigenvalue weighted by atomic mass is 15.3. The van der Waals surface area contributed by atoms with Crippen LogP contribution in [0.25, 0.3) is 0 Å². The van der Waals surface area contributed by atoms with E-state index in [0.717, 1.165) is 43.6 Å². The Kier molecular flexibility index (Phi) is 3.14. The second kappa shape index (κ2) is 5.27. The first kappa shape index (κ1) is 12.5. The Balaban J connectivity index is 1.40. The molecule has 0 spiro atoms. The lowest BCUT2D eigenvalue weighted by Gasteiger charge is -2.35. The predicted octanol–water partition coefficient (Wildman–Crippen LogP) is 1.47. The molecular formula is C15H18N6. The fraction of sp³-hybridized carbons (Fsp3) is 0.467. The molecule has 1 saturated carbocycles. The van der Waals surface area contributed by atoms with Gasteiger partial charge in [0.1, 0.15) is 0 Å². The summed E-state index contributed by atoms with van der Waals surface area (Å²) in [7, 11) is 0. The lowest BCUT2D eigenvalue weighted by Crippen LogP contribution is -2.47. The van der Waals surface area contributed by atoms with Crippen molar-refractivity contribution in [2.24, 2.45) is 0 Å². The molecule has 4 rings (SSSR count). The van der Waals surface area contributed by atoms with Crippen molar-refractivity contribution in [3.63, 3.8) is 0 Å². The normalized spacial score (nSPS) is 18.9. The number of anilines is 2. The van der Waals surface area contributed by atoms with E-state index in [-0.39, 0.29) is 0 Å². The van der Waals surface area contributed by atoms with Crippen molar-refractivity contribution in [2.75, 3.05) is 36.0 Å². The van der Waals surface area contributed by atoms with Crippen molar-refractivity contribution in [2.45, 2.75) is 18.8 Å². The third kappa shape index (κ3) is 2.66. The topological polar surface area (TPSA) is 58.0 Å². The van der Waals surface area contributed by atoms with Crippen LogP contribution in [0.15, 0.2) is 30.6 Å². The predicted molar refractivity (Wildman–Crippen MR) is 80.5 cm³/mol. The van der Waals surface area contributed by atoms with Gasteiger partial charge in [-0.25, -0.2) is 9.97 Å². The van der Waals surface area contributed by atoms with E-state index in [9.17, 15) is 0 Å². The summed E-state index contributed by atoms with van der Waals surface area (Å²) in [5.74, 6) is 2.46. The van der Waals surface area contributed by atoms with Gasteiger partial charge in [0.15, 0.2) is 5.82 Å². The number of rotatable bonds is 3. The Labute approximate surface area is 123 Å². The molecule has 0 N–H and O–H groups in total. The first-order chi connectivity index (χ1) is 10.4. The third-order valence-electron chi connectivity index (χ3n) is 4.11. The van der Waals surface area contributed by atoms with Gasteiger partial charge in [0.2, 0.25) is 5.95 Å². The maximum absolute atomic E-state index is 4.39. The molecule has 6 heteroatoms. The minimum atomic E-state index is 0.665. The molecule has 2 fully saturated rings. The van der Waals surface area contributed by atoms with Crippen molar-refractivity contribution in [3.8, 4) is 0 Å². The number of aromatic nitrogens is 4. The monoisotopic (exact) mass is 282 g/mol. The molecule has 0 aromatic carbocycles. The highest BCUT2D eigenvalue weighted by Gasteiger charge is 2.26. The van der Waals surface area contributed by atoms with Crippen LogP contribution in [0.5, 0.6) is 0 Å². The minimum Gasteiger partial charge on any atom is -0.352 e. The molecule has 1 aliphatic heterocycles. The van der Waals surface area contributed by atoms with E-state index in [2.05, 4.69) is 42.1 Å². The van der Waals surface area contributed by atoms with Gasteiger partial charge in [0.25, 0.3) is 0 Å². The van der Waals surface area contributed by atoms with E-state index in [4.69, 9.17) is 0 Å². The average molecular weight is 282 g/mol. The van der Waals surface area contributed by atoms with Gasteiger partial charge in [-0.1, -0.05) is 0 Å². The molecule has 0 bridgehead atoms. The summed E-state index contributed by atoms with van der Waals surface area (Å²) in [5, 5.41) is 8.75. The second-order valence-electron chi connectivity index (χ2n) is 5.61. The van der Waals surface area contributed by atoms with Crippen LogP contribution >= 0.6 is 0 Å². The quantitative estimate of drug-likeness (QED) is 0.849. The van der Waals surface area contributed by atoms with Crippen molar-refractivity contribution >= 4 is 11.8 Å². The zero-order valence-corrected chi connectivity index (χ0v) is 11.9. The van der Waals surface area contributed by atoms with Crippen LogP contribution in [0.1, 0.15) is 24.5 Å². The fourth-order valence-corrected chi connectivity index (χ4v) is 2.69. The van der Waals surface area contributed by atoms with Gasteiger partial charge in [0.05, 0.1) is 5.69 Å². The number of hydrogen-bond acceptors (Lipinski definition) is 6. The lowest BCUT2D eigenvalue weighted by atomic mass is 10.2. The summed E-state index contributed by atoms with van der Waals surface area (Å²) in [5.41, 5.74) is 1.15. The van der Waals surface area contributed by atoms with Gasteiger partial charge in [-0.15, -0.1) is 5.10 Å². The van der Waals surface area contributed by atoms with Crippen LogP contribution < -0.4 is 9.80 Å². The summed E-state index contributed by atoms with van der Waals surface area (Å²) >= 11 is 0. The fourth-order valence-electron chi connectivity index (χ4n) is 2.69. The van der Waals surface area contributed by atoms with E-state index in [1.54, 1.807) is 12.4 Å². The smallest absolute Gasteiger partial charge is 0.225 e. The van der Waals surface area contributed by atoms with Crippen LogP contribution in [0, 0.1) is 0 Å². The standard InChI is InChI=1S/C15H18N6/c1-6-16-15(17-7-1)21-10-8-20(9-11-21)14-5-4-13(18-19-14)12-2-3-12/h1,4-7,12H,2-3,8-11H2. The minimum absolute atomic E-state index is 0.665. The largest absolute Gasteiger partial charge is 0.352 e. The number of hydrogen-bond donors (Lipinski definition) is 0. The Morgan fingerprint density at radius 1 is 0.857 bits per heavy atom. The molecule has 0 atom stereocenters. The zero-order chi connectivity index (χ0) is 14.1. The molecule has 1 saturated heterocycles. The zero-order valence-electron chi connectivity index (χ0n) is 11.9. The molecular weight excluding hydrogens is 264 g/mol. The second-order valence-corrected chi connectivity index (χ2v) is 5.61. The highest BCUT2D eigenvalue weighted by molar-refractivity contribution is 5.41. The Bertz CT molecular complexity index is 587. The van der Waals surface area contributed by atoms with E-state index < -0.39 is 0 Å². The van der Waals surface area contributed by atoms with Crippen molar-refractivity contribution in [1.82, 2.24) is 20.2 Å². The number of piperazine rings is 1. The SMILES string of the molecule is c1cnc(N2CCN(c3ccc(C4CC4)nn3)CC2)nc1. The first-order valence-electron chi connectivity index (χ1n) is 7.51. The molecule has 6 nitrogen and oxygen atoms in total. The van der Waals surface area contributed by atoms with Crippen molar-refractivity contribution in [1.29, 1.82) is 0 Å². The molecule has 21 heavy (non-hydrogen) atoms. The summed E-state index contributed by atoms with van der Waals surface area (Å²) in [6.07, 6.45) is 6.11. The summed E-state index contributed by atoms with van der Waals surface area (Å²) in [6, 6.07) is 6.08. The van der Waals surface area contributed by atoms with Crippen LogP contribution in [0.3, 0.4) is 0 Å². The van der Waals surface area contributed by atoms with Gasteiger partial charge < -0.3 is 9.80 Å². The van der Waals surface area contributed by atoms with Gasteiger partial charge >= 0.3 is 0 Å². The Hall–Kier alpha value is -2.24. The molecule has 2 aromatic heterocycles. The Morgan fingerprint density at radius 2 is 1.57 bits per heavy atom. The van der Waals surface area contributed by atoms with Gasteiger partial charge in [0, 0.05) is 44.5 Å². The van der Waals surface area contributed by atoms with Crippen molar-refractivity contribution < 1.29 is 0 Å². The van der Waals surface area contributed by atoms with Crippen LogP contribution in [-0.4, -0.2) is 46.3 Å². The molecule has 108 valence electrons. The lowest BCUT2D eigenvalue weighted by molar-refractivity contribution is 0.630. The summed E-state index contributed by atoms with van der Waals surface area (Å²) in [6.45, 7) is 3.68. The molecule has 2 aliphatic rings. The van der Waals surface area contributed by atoms with E-state index >= 15 is 0 Å². The third-order valence-corrected chi connectivity index (χ3v) is 4.11. The van der Waals surface area contributed by atoms with Crippen LogP contribution in [-0.2, 0) is 0 Å². The maximum atomic E-state index is 4.39. The van der Waals surface area contributed by atoms with Crippen LogP contribution in [0.2, 0.25) is 0 Å². The van der Waals surface area contributed by atoms with Gasteiger partial charge in [-0.2, -0.15) is 5.10 Å². The highest BCUT2D eigenvalue weighted by Crippen LogP contribution is 2.38. The molecule has 1 aliphatic carbocycles. The van der Waals surface area contributed by atoms with Gasteiger partial charge in [-0.05, 0) is 31.0 Å². The summed E-state index contributed by atoms with van der Waals surface area (Å²) < 4.78 is 0. The Morgan fingerprint density at radius 3 is 2.19 bits per heavy atom. The molecule has 0 unspecified atom stereocenters. The van der Waals surface area contributed by atoms with E-state index in [0.29, 0.717) is 5.92 Å². The van der Waals surface area contributed by atoms with Gasteiger partial charge in [-0.3, -0.25) is 0 Å². The number of nitrogens with zero attached hydrogens (tertiary/aromatic N) is 6. The van der Waals surface area contributed by atoms with E-state index in [1.165, 1.54) is 12.8 Å². The summed E-state index contributed by atoms with van der Waals surface area (Å²) in [4.78, 5) is 13.1. The first-order valence-corrected chi connectivity index (χ1v) is 7.51. The van der Waals surface area contributed by atoms with E-state index in [1.807, 2.05) is 6.07 Å². The molecule has 0 radical (unpaired) electrons. The molecule has 2 aromatic rings. The molecule has 3 heterocycles. The van der Waals surface area contributed by atoms with Crippen molar-refractivity contribution in [3.05, 3.63) is 36.3 Å². The maximum Gasteiger partial charge on any atom is 0.225 e. The average Bonchev–Trinajstić information content (AvgIpc) is 3.41.